The summed E-state index contributed by atoms with van der Waals surface area (Å²) in [6, 6.07) is 34.1. The third kappa shape index (κ3) is 8.82. The lowest BCUT2D eigenvalue weighted by molar-refractivity contribution is -0.119. The van der Waals surface area contributed by atoms with Gasteiger partial charge in [-0.3, -0.25) is 4.79 Å². The van der Waals surface area contributed by atoms with Crippen LogP contribution in [-0.2, 0) is 20.7 Å². The second-order valence-electron chi connectivity index (χ2n) is 11.3. The van der Waals surface area contributed by atoms with Gasteiger partial charge in [-0.2, -0.15) is 0 Å². The highest BCUT2D eigenvalue weighted by molar-refractivity contribution is 6.15. The molecule has 0 bridgehead atoms. The molecule has 10 nitrogen and oxygen atoms in total. The minimum Gasteiger partial charge on any atom is -0.452 e. The average Bonchev–Trinajstić information content (AvgIpc) is 3.12. The molecule has 1 aliphatic rings. The van der Waals surface area contributed by atoms with E-state index in [2.05, 4.69) is 10.6 Å². The number of amides is 3. The van der Waals surface area contributed by atoms with Crippen LogP contribution in [0.1, 0.15) is 29.0 Å². The van der Waals surface area contributed by atoms with Crippen LogP contribution in [0.2, 0.25) is 0 Å². The Morgan fingerprint density at radius 3 is 2.09 bits per heavy atom. The number of para-hydroxylation sites is 2. The van der Waals surface area contributed by atoms with Crippen molar-refractivity contribution in [1.82, 2.24) is 10.6 Å². The highest BCUT2D eigenvalue weighted by Gasteiger charge is 2.36. The number of anilines is 1. The fourth-order valence-corrected chi connectivity index (χ4v) is 5.70. The minimum atomic E-state index is -1.08. The number of aryl methyl sites for hydroxylation is 1. The average molecular weight is 637 g/mol. The largest absolute Gasteiger partial charge is 0.452 e. The van der Waals surface area contributed by atoms with Gasteiger partial charge in [-0.15, -0.1) is 0 Å². The minimum absolute atomic E-state index is 0.0713. The van der Waals surface area contributed by atoms with E-state index < -0.39 is 30.1 Å². The number of benzene rings is 4. The summed E-state index contributed by atoms with van der Waals surface area (Å²) in [5.74, 6) is -0.591. The number of ether oxygens (including phenoxy) is 3. The zero-order valence-electron chi connectivity index (χ0n) is 26.3. The predicted molar refractivity (Wildman–Crippen MR) is 179 cm³/mol. The Morgan fingerprint density at radius 1 is 0.894 bits per heavy atom. The van der Waals surface area contributed by atoms with Crippen molar-refractivity contribution in [2.24, 2.45) is 5.73 Å². The molecule has 244 valence electrons. The van der Waals surface area contributed by atoms with Crippen molar-refractivity contribution in [3.63, 3.8) is 0 Å². The maximum atomic E-state index is 14.2. The first kappa shape index (κ1) is 33.3. The molecule has 0 saturated carbocycles. The van der Waals surface area contributed by atoms with Gasteiger partial charge in [0.2, 0.25) is 0 Å². The molecule has 47 heavy (non-hydrogen) atoms. The summed E-state index contributed by atoms with van der Waals surface area (Å²) in [5, 5.41) is 6.18. The summed E-state index contributed by atoms with van der Waals surface area (Å²) in [4.78, 5) is 40.6. The van der Waals surface area contributed by atoms with Gasteiger partial charge < -0.3 is 30.6 Å². The van der Waals surface area contributed by atoms with Crippen LogP contribution in [0, 0.1) is 0 Å². The van der Waals surface area contributed by atoms with Crippen LogP contribution >= 0.6 is 0 Å². The standard InChI is InChI=1S/C37H40N4O6/c1-45-37(44)41(35(42)34(38)33(27-14-5-2-6-15-27)28-16-7-3-8-17-28)32-20-12-11-13-26(32)21-22-31-24-39-29(25-46-31)23-40-36(43)47-30-18-9-4-10-19-30/h2-20,29,31,33-34,39H,21-25,38H2,1H3,(H,40,43)/t29-,31-,34+/m1/s1. The van der Waals surface area contributed by atoms with Crippen molar-refractivity contribution >= 4 is 23.8 Å². The molecule has 0 aromatic heterocycles. The first-order chi connectivity index (χ1) is 22.9. The molecule has 0 radical (unpaired) electrons. The van der Waals surface area contributed by atoms with Crippen LogP contribution in [0.25, 0.3) is 0 Å². The van der Waals surface area contributed by atoms with Crippen molar-refractivity contribution in [3.05, 3.63) is 132 Å². The summed E-state index contributed by atoms with van der Waals surface area (Å²) >= 11 is 0. The number of hydrogen-bond donors (Lipinski definition) is 3. The van der Waals surface area contributed by atoms with Crippen LogP contribution < -0.4 is 26.0 Å². The molecule has 4 aromatic carbocycles. The Hall–Kier alpha value is -5.03. The van der Waals surface area contributed by atoms with E-state index in [9.17, 15) is 14.4 Å². The zero-order valence-corrected chi connectivity index (χ0v) is 26.3. The summed E-state index contributed by atoms with van der Waals surface area (Å²) in [6.07, 6.45) is -0.284. The van der Waals surface area contributed by atoms with E-state index in [-0.39, 0.29) is 12.1 Å². The highest BCUT2D eigenvalue weighted by atomic mass is 16.6. The van der Waals surface area contributed by atoms with Crippen LogP contribution in [0.4, 0.5) is 15.3 Å². The van der Waals surface area contributed by atoms with E-state index in [0.717, 1.165) is 21.6 Å². The first-order valence-corrected chi connectivity index (χ1v) is 15.7. The Labute approximate surface area is 274 Å². The lowest BCUT2D eigenvalue weighted by Gasteiger charge is -2.31. The molecule has 10 heteroatoms. The van der Waals surface area contributed by atoms with Crippen LogP contribution in [-0.4, -0.2) is 63.1 Å². The Kier molecular flexibility index (Phi) is 11.7. The summed E-state index contributed by atoms with van der Waals surface area (Å²) < 4.78 is 16.5. The van der Waals surface area contributed by atoms with E-state index in [1.165, 1.54) is 7.11 Å². The number of nitrogens with zero attached hydrogens (tertiary/aromatic N) is 1. The molecule has 4 N–H and O–H groups in total. The number of methoxy groups -OCH3 is 1. The Bertz CT molecular complexity index is 1560. The third-order valence-corrected chi connectivity index (χ3v) is 8.12. The van der Waals surface area contributed by atoms with E-state index in [1.807, 2.05) is 78.9 Å². The lowest BCUT2D eigenvalue weighted by Crippen LogP contribution is -2.52. The van der Waals surface area contributed by atoms with Crippen LogP contribution in [0.15, 0.2) is 115 Å². The van der Waals surface area contributed by atoms with Gasteiger partial charge >= 0.3 is 12.2 Å². The molecule has 1 aliphatic heterocycles. The van der Waals surface area contributed by atoms with Gasteiger partial charge in [-0.1, -0.05) is 97.1 Å². The monoisotopic (exact) mass is 636 g/mol. The fourth-order valence-electron chi connectivity index (χ4n) is 5.70. The molecule has 1 fully saturated rings. The zero-order chi connectivity index (χ0) is 33.0. The molecule has 1 heterocycles. The van der Waals surface area contributed by atoms with Gasteiger partial charge in [0.25, 0.3) is 5.91 Å². The molecule has 0 aliphatic carbocycles. The van der Waals surface area contributed by atoms with E-state index in [0.29, 0.717) is 44.0 Å². The molecule has 0 unspecified atom stereocenters. The van der Waals surface area contributed by atoms with E-state index >= 15 is 0 Å². The molecule has 1 saturated heterocycles. The number of carbonyl (C=O) groups excluding carboxylic acids is 3. The number of nitrogens with one attached hydrogen (secondary N) is 2. The van der Waals surface area contributed by atoms with Crippen molar-refractivity contribution in [1.29, 1.82) is 0 Å². The summed E-state index contributed by atoms with van der Waals surface area (Å²) in [6.45, 7) is 1.33. The number of morpholine rings is 1. The van der Waals surface area contributed by atoms with Crippen LogP contribution in [0.5, 0.6) is 5.75 Å². The highest BCUT2D eigenvalue weighted by Crippen LogP contribution is 2.31. The van der Waals surface area contributed by atoms with E-state index in [1.54, 1.807) is 36.4 Å². The second kappa shape index (κ2) is 16.5. The smallest absolute Gasteiger partial charge is 0.420 e. The summed E-state index contributed by atoms with van der Waals surface area (Å²) in [7, 11) is 1.25. The van der Waals surface area contributed by atoms with Crippen LogP contribution in [0.3, 0.4) is 0 Å². The van der Waals surface area contributed by atoms with Crippen molar-refractivity contribution in [2.45, 2.75) is 36.9 Å². The van der Waals surface area contributed by atoms with Gasteiger partial charge in [-0.05, 0) is 47.7 Å². The Morgan fingerprint density at radius 2 is 1.49 bits per heavy atom. The maximum Gasteiger partial charge on any atom is 0.420 e. The topological polar surface area (TPSA) is 132 Å². The van der Waals surface area contributed by atoms with E-state index in [4.69, 9.17) is 19.9 Å². The molecule has 4 aromatic rings. The molecular formula is C37H40N4O6. The maximum absolute atomic E-state index is 14.2. The fraction of sp³-hybridized carbons (Fsp3) is 0.270. The Balaban J connectivity index is 1.23. The third-order valence-electron chi connectivity index (χ3n) is 8.12. The second-order valence-corrected chi connectivity index (χ2v) is 11.3. The summed E-state index contributed by atoms with van der Waals surface area (Å²) in [5.41, 5.74) is 9.66. The van der Waals surface area contributed by atoms with Gasteiger partial charge in [0.15, 0.2) is 0 Å². The van der Waals surface area contributed by atoms with Crippen molar-refractivity contribution in [3.8, 4) is 5.75 Å². The molecule has 0 spiro atoms. The number of imide groups is 1. The van der Waals surface area contributed by atoms with Crippen molar-refractivity contribution < 1.29 is 28.6 Å². The SMILES string of the molecule is COC(=O)N(C(=O)[C@@H](N)C(c1ccccc1)c1ccccc1)c1ccccc1CC[C@@H]1CN[C@H](CNC(=O)Oc2ccccc2)CO1. The molecular weight excluding hydrogens is 596 g/mol. The molecule has 5 rings (SSSR count). The number of nitrogens with two attached hydrogens (primary N) is 1. The number of rotatable bonds is 11. The van der Waals surface area contributed by atoms with Gasteiger partial charge in [-0.25, -0.2) is 14.5 Å². The molecule has 3 amide bonds. The number of hydrogen-bond acceptors (Lipinski definition) is 8. The predicted octanol–water partition coefficient (Wildman–Crippen LogP) is 5.02. The van der Waals surface area contributed by atoms with Gasteiger partial charge in [0, 0.05) is 25.0 Å². The quantitative estimate of drug-likeness (QED) is 0.209. The van der Waals surface area contributed by atoms with Gasteiger partial charge in [0.1, 0.15) is 5.75 Å². The lowest BCUT2D eigenvalue weighted by atomic mass is 9.84. The van der Waals surface area contributed by atoms with Gasteiger partial charge in [0.05, 0.1) is 31.5 Å². The normalized spacial score (nSPS) is 16.6. The number of carbonyl (C=O) groups is 3. The molecule has 3 atom stereocenters. The first-order valence-electron chi connectivity index (χ1n) is 15.7. The van der Waals surface area contributed by atoms with Crippen molar-refractivity contribution in [2.75, 3.05) is 31.7 Å².